The molecule has 0 aliphatic heterocycles. The van der Waals surface area contributed by atoms with E-state index in [-0.39, 0.29) is 6.04 Å². The number of nitrogens with zero attached hydrogens (tertiary/aromatic N) is 4. The third kappa shape index (κ3) is 2.65. The van der Waals surface area contributed by atoms with Gasteiger partial charge < -0.3 is 14.5 Å². The summed E-state index contributed by atoms with van der Waals surface area (Å²) >= 11 is 0. The van der Waals surface area contributed by atoms with E-state index >= 15 is 0 Å². The molecule has 3 aromatic rings. The van der Waals surface area contributed by atoms with Crippen LogP contribution in [0.5, 0.6) is 5.75 Å². The second-order valence-corrected chi connectivity index (χ2v) is 4.83. The van der Waals surface area contributed by atoms with Crippen molar-refractivity contribution in [1.29, 1.82) is 0 Å². The van der Waals surface area contributed by atoms with Crippen LogP contribution in [0.25, 0.3) is 11.4 Å². The van der Waals surface area contributed by atoms with Gasteiger partial charge in [0.2, 0.25) is 5.95 Å². The summed E-state index contributed by atoms with van der Waals surface area (Å²) in [5.74, 6) is 1.92. The van der Waals surface area contributed by atoms with E-state index in [1.54, 1.807) is 30.4 Å². The molecule has 0 saturated heterocycles. The van der Waals surface area contributed by atoms with E-state index in [0.29, 0.717) is 17.4 Å². The van der Waals surface area contributed by atoms with E-state index in [1.807, 2.05) is 32.2 Å². The fraction of sp³-hybridized carbons (Fsp3) is 0.267. The van der Waals surface area contributed by atoms with E-state index < -0.39 is 0 Å². The van der Waals surface area contributed by atoms with E-state index in [4.69, 9.17) is 9.15 Å². The monoisotopic (exact) mass is 299 g/mol. The summed E-state index contributed by atoms with van der Waals surface area (Å²) in [6.45, 7) is 1.98. The van der Waals surface area contributed by atoms with Crippen LogP contribution in [0.15, 0.2) is 41.3 Å². The van der Waals surface area contributed by atoms with Crippen LogP contribution in [0, 0.1) is 0 Å². The molecule has 3 aromatic heterocycles. The summed E-state index contributed by atoms with van der Waals surface area (Å²) in [5, 5.41) is 7.38. The quantitative estimate of drug-likeness (QED) is 0.780. The Kier molecular flexibility index (Phi) is 3.78. The molecule has 0 fully saturated rings. The lowest BCUT2D eigenvalue weighted by Gasteiger charge is -2.13. The lowest BCUT2D eigenvalue weighted by Crippen LogP contribution is -2.10. The predicted octanol–water partition coefficient (Wildman–Crippen LogP) is 2.65. The molecule has 0 radical (unpaired) electrons. The van der Waals surface area contributed by atoms with E-state index in [2.05, 4.69) is 20.4 Å². The Morgan fingerprint density at radius 1 is 1.36 bits per heavy atom. The Morgan fingerprint density at radius 2 is 2.23 bits per heavy atom. The van der Waals surface area contributed by atoms with Crippen molar-refractivity contribution in [2.75, 3.05) is 12.4 Å². The average molecular weight is 299 g/mol. The first-order chi connectivity index (χ1) is 10.7. The number of hydrogen-bond acceptors (Lipinski definition) is 6. The number of aromatic nitrogens is 4. The Labute approximate surface area is 128 Å². The van der Waals surface area contributed by atoms with Gasteiger partial charge in [-0.2, -0.15) is 5.10 Å². The SMILES string of the molecule is COc1cnc(NC(C)c2ccco2)nc1-c1ccnn1C. The fourth-order valence-electron chi connectivity index (χ4n) is 2.18. The maximum atomic E-state index is 5.38. The highest BCUT2D eigenvalue weighted by Gasteiger charge is 2.15. The predicted molar refractivity (Wildman–Crippen MR) is 81.5 cm³/mol. The summed E-state index contributed by atoms with van der Waals surface area (Å²) < 4.78 is 12.5. The van der Waals surface area contributed by atoms with Crippen LogP contribution in [0.3, 0.4) is 0 Å². The zero-order valence-electron chi connectivity index (χ0n) is 12.6. The molecule has 1 N–H and O–H groups in total. The van der Waals surface area contributed by atoms with E-state index in [1.165, 1.54) is 0 Å². The van der Waals surface area contributed by atoms with E-state index in [0.717, 1.165) is 11.5 Å². The van der Waals surface area contributed by atoms with Crippen molar-refractivity contribution in [2.24, 2.45) is 7.05 Å². The summed E-state index contributed by atoms with van der Waals surface area (Å²) in [6, 6.07) is 5.60. The van der Waals surface area contributed by atoms with Crippen LogP contribution in [0.1, 0.15) is 18.7 Å². The zero-order chi connectivity index (χ0) is 15.5. The van der Waals surface area contributed by atoms with Crippen LogP contribution < -0.4 is 10.1 Å². The Bertz CT molecular complexity index is 751. The number of rotatable bonds is 5. The molecule has 114 valence electrons. The molecule has 0 amide bonds. The third-order valence-corrected chi connectivity index (χ3v) is 3.35. The molecule has 0 aliphatic rings. The lowest BCUT2D eigenvalue weighted by atomic mass is 10.2. The number of hydrogen-bond donors (Lipinski definition) is 1. The summed E-state index contributed by atoms with van der Waals surface area (Å²) in [6.07, 6.45) is 5.01. The molecule has 0 spiro atoms. The lowest BCUT2D eigenvalue weighted by molar-refractivity contribution is 0.412. The van der Waals surface area contributed by atoms with Crippen LogP contribution in [0.2, 0.25) is 0 Å². The molecule has 0 aliphatic carbocycles. The number of anilines is 1. The summed E-state index contributed by atoms with van der Waals surface area (Å²) in [7, 11) is 3.45. The van der Waals surface area contributed by atoms with Gasteiger partial charge in [0.15, 0.2) is 5.75 Å². The van der Waals surface area contributed by atoms with Gasteiger partial charge >= 0.3 is 0 Å². The van der Waals surface area contributed by atoms with Crippen LogP contribution in [-0.2, 0) is 7.05 Å². The number of furan rings is 1. The number of aryl methyl sites for hydroxylation is 1. The van der Waals surface area contributed by atoms with E-state index in [9.17, 15) is 0 Å². The van der Waals surface area contributed by atoms with Gasteiger partial charge in [-0.1, -0.05) is 0 Å². The van der Waals surface area contributed by atoms with Gasteiger partial charge in [-0.05, 0) is 25.1 Å². The second-order valence-electron chi connectivity index (χ2n) is 4.83. The van der Waals surface area contributed by atoms with Gasteiger partial charge in [-0.15, -0.1) is 0 Å². The molecule has 7 heteroatoms. The molecule has 0 bridgehead atoms. The van der Waals surface area contributed by atoms with Crippen LogP contribution in [0.4, 0.5) is 5.95 Å². The van der Waals surface area contributed by atoms with Gasteiger partial charge in [-0.3, -0.25) is 4.68 Å². The van der Waals surface area contributed by atoms with Crippen molar-refractivity contribution in [1.82, 2.24) is 19.7 Å². The molecule has 0 saturated carbocycles. The highest BCUT2D eigenvalue weighted by atomic mass is 16.5. The standard InChI is InChI=1S/C15H17N5O2/c1-10(12-5-4-8-22-12)18-15-16-9-13(21-3)14(19-15)11-6-7-17-20(11)2/h4-10H,1-3H3,(H,16,18,19). The fourth-order valence-corrected chi connectivity index (χ4v) is 2.18. The summed E-state index contributed by atoms with van der Waals surface area (Å²) in [4.78, 5) is 8.83. The zero-order valence-corrected chi connectivity index (χ0v) is 12.6. The molecule has 0 aromatic carbocycles. The van der Waals surface area contributed by atoms with Gasteiger partial charge in [0.05, 0.1) is 31.3 Å². The Balaban J connectivity index is 1.92. The highest BCUT2D eigenvalue weighted by molar-refractivity contribution is 5.63. The van der Waals surface area contributed by atoms with Gasteiger partial charge in [0, 0.05) is 13.2 Å². The average Bonchev–Trinajstić information content (AvgIpc) is 3.18. The number of nitrogens with one attached hydrogen (secondary N) is 1. The largest absolute Gasteiger partial charge is 0.493 e. The van der Waals surface area contributed by atoms with Crippen molar-refractivity contribution < 1.29 is 9.15 Å². The number of ether oxygens (including phenoxy) is 1. The molecule has 3 rings (SSSR count). The molecule has 3 heterocycles. The molecule has 1 atom stereocenters. The first-order valence-corrected chi connectivity index (χ1v) is 6.88. The molecular formula is C15H17N5O2. The minimum absolute atomic E-state index is 0.0391. The smallest absolute Gasteiger partial charge is 0.224 e. The van der Waals surface area contributed by atoms with Crippen LogP contribution in [-0.4, -0.2) is 26.9 Å². The first-order valence-electron chi connectivity index (χ1n) is 6.88. The Hall–Kier alpha value is -2.83. The Morgan fingerprint density at radius 3 is 2.86 bits per heavy atom. The molecular weight excluding hydrogens is 282 g/mol. The van der Waals surface area contributed by atoms with Gasteiger partial charge in [0.1, 0.15) is 11.5 Å². The minimum Gasteiger partial charge on any atom is -0.493 e. The second kappa shape index (κ2) is 5.88. The maximum Gasteiger partial charge on any atom is 0.224 e. The van der Waals surface area contributed by atoms with Crippen molar-refractivity contribution in [3.8, 4) is 17.1 Å². The van der Waals surface area contributed by atoms with Gasteiger partial charge in [-0.25, -0.2) is 9.97 Å². The molecule has 22 heavy (non-hydrogen) atoms. The first kappa shape index (κ1) is 14.1. The van der Waals surface area contributed by atoms with Crippen molar-refractivity contribution >= 4 is 5.95 Å². The molecule has 1 unspecified atom stereocenters. The van der Waals surface area contributed by atoms with Crippen molar-refractivity contribution in [3.05, 3.63) is 42.6 Å². The normalized spacial score (nSPS) is 12.1. The third-order valence-electron chi connectivity index (χ3n) is 3.35. The number of methoxy groups -OCH3 is 1. The van der Waals surface area contributed by atoms with Gasteiger partial charge in [0.25, 0.3) is 0 Å². The maximum absolute atomic E-state index is 5.38. The molecule has 7 nitrogen and oxygen atoms in total. The summed E-state index contributed by atoms with van der Waals surface area (Å²) in [5.41, 5.74) is 1.54. The van der Waals surface area contributed by atoms with Crippen molar-refractivity contribution in [2.45, 2.75) is 13.0 Å². The minimum atomic E-state index is -0.0391. The topological polar surface area (TPSA) is 78.0 Å². The highest BCUT2D eigenvalue weighted by Crippen LogP contribution is 2.28. The van der Waals surface area contributed by atoms with Crippen molar-refractivity contribution in [3.63, 3.8) is 0 Å². The van der Waals surface area contributed by atoms with Crippen LogP contribution >= 0.6 is 0 Å².